The number of aliphatic hydroxyl groups is 4. The van der Waals surface area contributed by atoms with Gasteiger partial charge in [-0.05, 0) is 122 Å². The van der Waals surface area contributed by atoms with E-state index in [1.807, 2.05) is 13.8 Å². The molecule has 4 heteroatoms. The topological polar surface area (TPSA) is 80.9 Å². The summed E-state index contributed by atoms with van der Waals surface area (Å²) in [4.78, 5) is 0. The molecular weight excluding hydrogens is 424 g/mol. The molecule has 0 radical (unpaired) electrons. The van der Waals surface area contributed by atoms with Gasteiger partial charge in [-0.1, -0.05) is 41.5 Å². The van der Waals surface area contributed by atoms with Gasteiger partial charge in [0, 0.05) is 0 Å². The monoisotopic (exact) mass is 476 g/mol. The molecule has 0 unspecified atom stereocenters. The van der Waals surface area contributed by atoms with Gasteiger partial charge in [0.2, 0.25) is 0 Å². The quantitative estimate of drug-likeness (QED) is 0.421. The van der Waals surface area contributed by atoms with Gasteiger partial charge in [0.1, 0.15) is 0 Å². The first kappa shape index (κ1) is 25.5. The lowest BCUT2D eigenvalue weighted by Gasteiger charge is -2.74. The van der Waals surface area contributed by atoms with E-state index in [1.165, 1.54) is 12.8 Å². The standard InChI is InChI=1S/C30H52O4/c1-25(2)22(33)12-14-28(6)21-10-9-20-27(5)13-11-17(26(3,4)34)23(27)18(31)15-29(20,7)30(21,8)16-19(32)24(25)28/h17-24,31-34H,9-16H2,1-8H3/t17-,18+,19-,20-,21-,22+,23-,24+,27-,28-,29+,30+/m1/s1. The fourth-order valence-corrected chi connectivity index (χ4v) is 12.3. The minimum absolute atomic E-state index is 0.00284. The molecule has 196 valence electrons. The Kier molecular flexibility index (Phi) is 5.42. The minimum Gasteiger partial charge on any atom is -0.393 e. The van der Waals surface area contributed by atoms with Crippen molar-refractivity contribution >= 4 is 0 Å². The fraction of sp³-hybridized carbons (Fsp3) is 1.00. The molecule has 0 amide bonds. The number of hydrogen-bond acceptors (Lipinski definition) is 4. The van der Waals surface area contributed by atoms with Crippen molar-refractivity contribution < 1.29 is 20.4 Å². The van der Waals surface area contributed by atoms with E-state index in [-0.39, 0.29) is 50.9 Å². The van der Waals surface area contributed by atoms with E-state index in [0.29, 0.717) is 11.8 Å². The maximum Gasteiger partial charge on any atom is 0.0623 e. The maximum absolute atomic E-state index is 11.8. The second kappa shape index (κ2) is 7.23. The van der Waals surface area contributed by atoms with E-state index in [1.54, 1.807) is 0 Å². The van der Waals surface area contributed by atoms with Crippen molar-refractivity contribution in [1.29, 1.82) is 0 Å². The van der Waals surface area contributed by atoms with Gasteiger partial charge in [-0.3, -0.25) is 0 Å². The van der Waals surface area contributed by atoms with Crippen molar-refractivity contribution in [3.05, 3.63) is 0 Å². The third-order valence-electron chi connectivity index (χ3n) is 13.7. The predicted molar refractivity (Wildman–Crippen MR) is 135 cm³/mol. The van der Waals surface area contributed by atoms with Crippen LogP contribution in [-0.2, 0) is 0 Å². The highest BCUT2D eigenvalue weighted by Crippen LogP contribution is 2.78. The summed E-state index contributed by atoms with van der Waals surface area (Å²) in [7, 11) is 0. The highest BCUT2D eigenvalue weighted by atomic mass is 16.3. The summed E-state index contributed by atoms with van der Waals surface area (Å²) >= 11 is 0. The Bertz CT molecular complexity index is 832. The van der Waals surface area contributed by atoms with Crippen LogP contribution in [0.2, 0.25) is 0 Å². The van der Waals surface area contributed by atoms with E-state index in [4.69, 9.17) is 0 Å². The molecule has 0 bridgehead atoms. The molecule has 5 saturated carbocycles. The van der Waals surface area contributed by atoms with Crippen LogP contribution in [0.4, 0.5) is 0 Å². The van der Waals surface area contributed by atoms with Gasteiger partial charge in [0.25, 0.3) is 0 Å². The largest absolute Gasteiger partial charge is 0.393 e. The fourth-order valence-electron chi connectivity index (χ4n) is 12.3. The Morgan fingerprint density at radius 1 is 0.676 bits per heavy atom. The Morgan fingerprint density at radius 3 is 1.74 bits per heavy atom. The first-order valence-electron chi connectivity index (χ1n) is 14.2. The van der Waals surface area contributed by atoms with Crippen LogP contribution in [-0.4, -0.2) is 44.3 Å². The second-order valence-corrected chi connectivity index (χ2v) is 15.8. The molecule has 5 aliphatic rings. The average Bonchev–Trinajstić information content (AvgIpc) is 3.05. The van der Waals surface area contributed by atoms with E-state index in [2.05, 4.69) is 41.5 Å². The lowest BCUT2D eigenvalue weighted by molar-refractivity contribution is -0.289. The lowest BCUT2D eigenvalue weighted by Crippen LogP contribution is -2.71. The molecule has 4 N–H and O–H groups in total. The zero-order valence-corrected chi connectivity index (χ0v) is 23.1. The van der Waals surface area contributed by atoms with Crippen molar-refractivity contribution in [2.45, 2.75) is 131 Å². The number of aliphatic hydroxyl groups excluding tert-OH is 3. The highest BCUT2D eigenvalue weighted by Gasteiger charge is 2.74. The van der Waals surface area contributed by atoms with Crippen LogP contribution in [0.3, 0.4) is 0 Å². The third kappa shape index (κ3) is 2.92. The van der Waals surface area contributed by atoms with Crippen molar-refractivity contribution in [3.8, 4) is 0 Å². The van der Waals surface area contributed by atoms with Crippen LogP contribution in [0.1, 0.15) is 107 Å². The average molecular weight is 477 g/mol. The molecule has 0 spiro atoms. The Morgan fingerprint density at radius 2 is 1.18 bits per heavy atom. The van der Waals surface area contributed by atoms with E-state index < -0.39 is 17.8 Å². The van der Waals surface area contributed by atoms with Crippen LogP contribution < -0.4 is 0 Å². The van der Waals surface area contributed by atoms with Crippen LogP contribution >= 0.6 is 0 Å². The summed E-state index contributed by atoms with van der Waals surface area (Å²) in [5.41, 5.74) is -1.15. The summed E-state index contributed by atoms with van der Waals surface area (Å²) in [6.45, 7) is 17.9. The third-order valence-corrected chi connectivity index (χ3v) is 13.7. The maximum atomic E-state index is 11.8. The molecule has 0 aromatic heterocycles. The van der Waals surface area contributed by atoms with Gasteiger partial charge < -0.3 is 20.4 Å². The Labute approximate surface area is 207 Å². The normalized spacial score (nSPS) is 58.9. The first-order valence-corrected chi connectivity index (χ1v) is 14.2. The molecule has 5 rings (SSSR count). The van der Waals surface area contributed by atoms with Gasteiger partial charge in [0.15, 0.2) is 0 Å². The molecule has 34 heavy (non-hydrogen) atoms. The molecule has 0 aliphatic heterocycles. The van der Waals surface area contributed by atoms with Gasteiger partial charge in [-0.2, -0.15) is 0 Å². The molecular formula is C30H52O4. The summed E-state index contributed by atoms with van der Waals surface area (Å²) in [6.07, 6.45) is 6.55. The first-order chi connectivity index (χ1) is 15.4. The molecule has 5 fully saturated rings. The second-order valence-electron chi connectivity index (χ2n) is 15.8. The van der Waals surface area contributed by atoms with Crippen molar-refractivity contribution in [2.75, 3.05) is 0 Å². The van der Waals surface area contributed by atoms with E-state index in [0.717, 1.165) is 38.5 Å². The van der Waals surface area contributed by atoms with Crippen LogP contribution in [0, 0.1) is 56.7 Å². The molecule has 0 heterocycles. The SMILES string of the molecule is CC(C)(O)[C@@H]1CC[C@@]2(C)[C@H]1[C@@H](O)C[C@@]1(C)[C@@H]2CC[C@@H]2[C@@]3(C)CC[C@H](O)C(C)(C)[C@@H]3[C@H](O)C[C@@]21C. The summed E-state index contributed by atoms with van der Waals surface area (Å²) in [5, 5.41) is 45.4. The van der Waals surface area contributed by atoms with Crippen LogP contribution in [0.5, 0.6) is 0 Å². The van der Waals surface area contributed by atoms with Crippen molar-refractivity contribution in [2.24, 2.45) is 56.7 Å². The summed E-state index contributed by atoms with van der Waals surface area (Å²) in [5.74, 6) is 1.37. The molecule has 0 aromatic rings. The molecule has 5 aliphatic carbocycles. The molecule has 0 aromatic carbocycles. The van der Waals surface area contributed by atoms with Gasteiger partial charge in [0.05, 0.1) is 23.9 Å². The predicted octanol–water partition coefficient (Wildman–Crippen LogP) is 5.16. The lowest BCUT2D eigenvalue weighted by atomic mass is 9.31. The van der Waals surface area contributed by atoms with Crippen molar-refractivity contribution in [3.63, 3.8) is 0 Å². The molecule has 12 atom stereocenters. The summed E-state index contributed by atoms with van der Waals surface area (Å²) in [6, 6.07) is 0. The van der Waals surface area contributed by atoms with Crippen LogP contribution in [0.15, 0.2) is 0 Å². The number of hydrogen-bond donors (Lipinski definition) is 4. The smallest absolute Gasteiger partial charge is 0.0623 e. The van der Waals surface area contributed by atoms with E-state index in [9.17, 15) is 20.4 Å². The van der Waals surface area contributed by atoms with Gasteiger partial charge >= 0.3 is 0 Å². The van der Waals surface area contributed by atoms with E-state index >= 15 is 0 Å². The zero-order valence-electron chi connectivity index (χ0n) is 23.1. The zero-order chi connectivity index (χ0) is 25.3. The highest BCUT2D eigenvalue weighted by molar-refractivity contribution is 5.22. The Hall–Kier alpha value is -0.160. The van der Waals surface area contributed by atoms with Gasteiger partial charge in [-0.15, -0.1) is 0 Å². The summed E-state index contributed by atoms with van der Waals surface area (Å²) < 4.78 is 0. The Balaban J connectivity index is 1.57. The van der Waals surface area contributed by atoms with Gasteiger partial charge in [-0.25, -0.2) is 0 Å². The molecule has 4 nitrogen and oxygen atoms in total. The molecule has 0 saturated heterocycles. The minimum atomic E-state index is -0.769. The number of fused-ring (bicyclic) bond motifs is 7. The van der Waals surface area contributed by atoms with Crippen LogP contribution in [0.25, 0.3) is 0 Å². The number of rotatable bonds is 1. The van der Waals surface area contributed by atoms with Crippen molar-refractivity contribution in [1.82, 2.24) is 0 Å².